The summed E-state index contributed by atoms with van der Waals surface area (Å²) in [6, 6.07) is 11.8. The van der Waals surface area contributed by atoms with E-state index in [2.05, 4.69) is 5.32 Å². The Bertz CT molecular complexity index is 397. The molecule has 0 saturated carbocycles. The van der Waals surface area contributed by atoms with E-state index in [-0.39, 0.29) is 0 Å². The number of benzene rings is 1. The quantitative estimate of drug-likeness (QED) is 0.827. The van der Waals surface area contributed by atoms with Crippen molar-refractivity contribution in [3.05, 3.63) is 58.9 Å². The largest absolute Gasteiger partial charge is 0.368 e. The summed E-state index contributed by atoms with van der Waals surface area (Å²) in [6.45, 7) is 1.91. The van der Waals surface area contributed by atoms with Gasteiger partial charge in [0.15, 0.2) is 0 Å². The lowest BCUT2D eigenvalue weighted by Crippen LogP contribution is -1.94. The fourth-order valence-corrected chi connectivity index (χ4v) is 1.88. The summed E-state index contributed by atoms with van der Waals surface area (Å²) in [5.41, 5.74) is 1.00. The number of rotatable bonds is 3. The highest BCUT2D eigenvalue weighted by molar-refractivity contribution is 7.14. The summed E-state index contributed by atoms with van der Waals surface area (Å²) >= 11 is 7.66. The Morgan fingerprint density at radius 1 is 1.14 bits per heavy atom. The Hall–Kier alpha value is -0.990. The summed E-state index contributed by atoms with van der Waals surface area (Å²) in [6.07, 6.45) is 0. The fourth-order valence-electron chi connectivity index (χ4n) is 1.10. The number of anilines is 1. The van der Waals surface area contributed by atoms with Crippen LogP contribution in [0.3, 0.4) is 0 Å². The molecule has 0 aliphatic heterocycles. The van der Waals surface area contributed by atoms with Crippen molar-refractivity contribution in [2.45, 2.75) is 0 Å². The molecule has 0 unspecified atom stereocenters. The van der Waals surface area contributed by atoms with Crippen LogP contribution < -0.4 is 5.32 Å². The van der Waals surface area contributed by atoms with Gasteiger partial charge in [0.25, 0.3) is 0 Å². The molecule has 0 aliphatic carbocycles. The zero-order valence-electron chi connectivity index (χ0n) is 7.41. The molecule has 2 aromatic rings. The van der Waals surface area contributed by atoms with Gasteiger partial charge in [0.1, 0.15) is 0 Å². The molecule has 1 N–H and O–H groups in total. The van der Waals surface area contributed by atoms with E-state index in [1.807, 2.05) is 48.3 Å². The minimum absolute atomic E-state index is 0.761. The maximum Gasteiger partial charge on any atom is 0.0888 e. The third-order valence-electron chi connectivity index (χ3n) is 1.80. The van der Waals surface area contributed by atoms with E-state index in [0.29, 0.717) is 0 Å². The molecular weight excluding hydrogens is 214 g/mol. The second-order valence-corrected chi connectivity index (χ2v) is 4.14. The molecule has 0 spiro atoms. The molecule has 1 aromatic heterocycles. The predicted octanol–water partition coefficient (Wildman–Crippen LogP) is 4.02. The molecule has 1 aromatic carbocycles. The molecule has 71 valence electrons. The van der Waals surface area contributed by atoms with Crippen molar-refractivity contribution in [1.29, 1.82) is 0 Å². The molecule has 0 bridgehead atoms. The van der Waals surface area contributed by atoms with Gasteiger partial charge in [-0.2, -0.15) is 0 Å². The normalized spacial score (nSPS) is 10.1. The van der Waals surface area contributed by atoms with E-state index in [1.54, 1.807) is 11.3 Å². The van der Waals surface area contributed by atoms with Crippen LogP contribution >= 0.6 is 22.9 Å². The van der Waals surface area contributed by atoms with Gasteiger partial charge in [-0.25, -0.2) is 0 Å². The van der Waals surface area contributed by atoms with Crippen LogP contribution in [0, 0.1) is 6.54 Å². The molecule has 0 aliphatic rings. The van der Waals surface area contributed by atoms with Crippen LogP contribution in [0.1, 0.15) is 5.56 Å². The smallest absolute Gasteiger partial charge is 0.0888 e. The first kappa shape index (κ1) is 9.56. The number of nitrogens with one attached hydrogen (secondary N) is 1. The summed E-state index contributed by atoms with van der Waals surface area (Å²) < 4.78 is 0. The minimum Gasteiger partial charge on any atom is -0.368 e. The number of hydrogen-bond donors (Lipinski definition) is 1. The lowest BCUT2D eigenvalue weighted by Gasteiger charge is -2.04. The van der Waals surface area contributed by atoms with Crippen LogP contribution in [0.5, 0.6) is 0 Å². The van der Waals surface area contributed by atoms with Crippen LogP contribution in [0.25, 0.3) is 0 Å². The van der Waals surface area contributed by atoms with Crippen molar-refractivity contribution in [3.63, 3.8) is 0 Å². The van der Waals surface area contributed by atoms with Crippen LogP contribution in [0.2, 0.25) is 5.02 Å². The highest BCUT2D eigenvalue weighted by Gasteiger charge is 1.99. The Morgan fingerprint density at radius 2 is 2.00 bits per heavy atom. The standard InChI is InChI=1S/C11H9ClNS/c12-10-5-2-1-4-9(10)8-13-11-6-3-7-14-11/h1-8,13H. The Kier molecular flexibility index (Phi) is 3.07. The first-order valence-electron chi connectivity index (χ1n) is 4.24. The van der Waals surface area contributed by atoms with E-state index in [1.165, 1.54) is 0 Å². The first-order chi connectivity index (χ1) is 6.86. The summed E-state index contributed by atoms with van der Waals surface area (Å²) in [5.74, 6) is 0. The average Bonchev–Trinajstić information content (AvgIpc) is 2.69. The lowest BCUT2D eigenvalue weighted by atomic mass is 10.2. The average molecular weight is 223 g/mol. The predicted molar refractivity (Wildman–Crippen MR) is 62.8 cm³/mol. The van der Waals surface area contributed by atoms with Crippen molar-refractivity contribution >= 4 is 27.9 Å². The van der Waals surface area contributed by atoms with Gasteiger partial charge in [-0.3, -0.25) is 0 Å². The highest BCUT2D eigenvalue weighted by atomic mass is 35.5. The Balaban J connectivity index is 2.02. The second-order valence-electron chi connectivity index (χ2n) is 2.79. The highest BCUT2D eigenvalue weighted by Crippen LogP contribution is 2.20. The van der Waals surface area contributed by atoms with Crippen molar-refractivity contribution in [3.8, 4) is 0 Å². The molecule has 1 radical (unpaired) electrons. The van der Waals surface area contributed by atoms with Crippen LogP contribution in [0.15, 0.2) is 41.8 Å². The van der Waals surface area contributed by atoms with Gasteiger partial charge >= 0.3 is 0 Å². The number of hydrogen-bond acceptors (Lipinski definition) is 2. The first-order valence-corrected chi connectivity index (χ1v) is 5.50. The Morgan fingerprint density at radius 3 is 2.71 bits per heavy atom. The van der Waals surface area contributed by atoms with E-state index < -0.39 is 0 Å². The molecule has 0 atom stereocenters. The molecular formula is C11H9ClNS. The maximum absolute atomic E-state index is 6.00. The van der Waals surface area contributed by atoms with E-state index in [9.17, 15) is 0 Å². The topological polar surface area (TPSA) is 12.0 Å². The van der Waals surface area contributed by atoms with Crippen LogP contribution in [0.4, 0.5) is 5.00 Å². The third kappa shape index (κ3) is 2.28. The maximum atomic E-state index is 6.00. The van der Waals surface area contributed by atoms with E-state index >= 15 is 0 Å². The van der Waals surface area contributed by atoms with Gasteiger partial charge in [-0.1, -0.05) is 29.8 Å². The SMILES string of the molecule is Clc1ccccc1[CH]Nc1cccs1. The molecule has 1 nitrogen and oxygen atoms in total. The van der Waals surface area contributed by atoms with E-state index in [0.717, 1.165) is 15.6 Å². The number of halogens is 1. The molecule has 0 fully saturated rings. The van der Waals surface area contributed by atoms with Crippen molar-refractivity contribution < 1.29 is 0 Å². The monoisotopic (exact) mass is 222 g/mol. The van der Waals surface area contributed by atoms with Gasteiger partial charge in [0.05, 0.1) is 11.5 Å². The summed E-state index contributed by atoms with van der Waals surface area (Å²) in [5, 5.41) is 7.10. The van der Waals surface area contributed by atoms with Gasteiger partial charge in [0.2, 0.25) is 0 Å². The van der Waals surface area contributed by atoms with Crippen molar-refractivity contribution in [2.24, 2.45) is 0 Å². The van der Waals surface area contributed by atoms with Crippen molar-refractivity contribution in [1.82, 2.24) is 0 Å². The van der Waals surface area contributed by atoms with Crippen LogP contribution in [-0.4, -0.2) is 0 Å². The van der Waals surface area contributed by atoms with Gasteiger partial charge in [-0.15, -0.1) is 11.3 Å². The summed E-state index contributed by atoms with van der Waals surface area (Å²) in [7, 11) is 0. The van der Waals surface area contributed by atoms with Gasteiger partial charge in [-0.05, 0) is 29.1 Å². The van der Waals surface area contributed by atoms with Gasteiger partial charge in [0, 0.05) is 5.02 Å². The zero-order valence-corrected chi connectivity index (χ0v) is 8.98. The van der Waals surface area contributed by atoms with Crippen molar-refractivity contribution in [2.75, 3.05) is 5.32 Å². The Labute approximate surface area is 92.3 Å². The second kappa shape index (κ2) is 4.49. The molecule has 3 heteroatoms. The van der Waals surface area contributed by atoms with Gasteiger partial charge < -0.3 is 5.32 Å². The molecule has 0 amide bonds. The molecule has 1 heterocycles. The number of thiophene rings is 1. The molecule has 0 saturated heterocycles. The molecule has 14 heavy (non-hydrogen) atoms. The van der Waals surface area contributed by atoms with E-state index in [4.69, 9.17) is 11.6 Å². The fraction of sp³-hybridized carbons (Fsp3) is 0. The molecule has 2 rings (SSSR count). The summed E-state index contributed by atoms with van der Waals surface area (Å²) in [4.78, 5) is 0. The lowest BCUT2D eigenvalue weighted by molar-refractivity contribution is 1.43. The third-order valence-corrected chi connectivity index (χ3v) is 2.94. The minimum atomic E-state index is 0.761. The van der Waals surface area contributed by atoms with Crippen LogP contribution in [-0.2, 0) is 0 Å². The zero-order chi connectivity index (χ0) is 9.80.